The van der Waals surface area contributed by atoms with Gasteiger partial charge in [-0.3, -0.25) is 0 Å². The minimum atomic E-state index is -0.577. The molecule has 2 unspecified atom stereocenters. The maximum Gasteiger partial charge on any atom is 0.509 e. The van der Waals surface area contributed by atoms with Gasteiger partial charge < -0.3 is 9.47 Å². The van der Waals surface area contributed by atoms with Crippen LogP contribution >= 0.6 is 0 Å². The Morgan fingerprint density at radius 1 is 1.06 bits per heavy atom. The molecule has 0 saturated heterocycles. The van der Waals surface area contributed by atoms with Crippen LogP contribution in [-0.4, -0.2) is 17.9 Å². The Bertz CT molecular complexity index is 318. The SMILES string of the molecule is CC(C)(C)OC(=O)OC1C=CC(C(C)(C)C)CC1. The average molecular weight is 254 g/mol. The number of rotatable bonds is 1. The van der Waals surface area contributed by atoms with E-state index in [1.807, 2.05) is 26.8 Å². The van der Waals surface area contributed by atoms with E-state index in [-0.39, 0.29) is 11.5 Å². The maximum atomic E-state index is 11.5. The quantitative estimate of drug-likeness (QED) is 0.516. The molecule has 0 saturated carbocycles. The van der Waals surface area contributed by atoms with Gasteiger partial charge in [0.15, 0.2) is 0 Å². The van der Waals surface area contributed by atoms with E-state index in [2.05, 4.69) is 26.8 Å². The van der Waals surface area contributed by atoms with Crippen molar-refractivity contribution in [3.8, 4) is 0 Å². The highest BCUT2D eigenvalue weighted by atomic mass is 16.7. The fraction of sp³-hybridized carbons (Fsp3) is 0.800. The van der Waals surface area contributed by atoms with Crippen LogP contribution in [0.15, 0.2) is 12.2 Å². The lowest BCUT2D eigenvalue weighted by molar-refractivity contribution is -0.0218. The van der Waals surface area contributed by atoms with Gasteiger partial charge in [-0.15, -0.1) is 0 Å². The first kappa shape index (κ1) is 15.1. The molecule has 0 heterocycles. The van der Waals surface area contributed by atoms with Gasteiger partial charge in [-0.05, 0) is 51.0 Å². The number of carbonyl (C=O) groups is 1. The van der Waals surface area contributed by atoms with E-state index in [1.54, 1.807) is 0 Å². The summed E-state index contributed by atoms with van der Waals surface area (Å²) in [5.41, 5.74) is -0.225. The molecule has 1 aliphatic rings. The molecule has 3 nitrogen and oxygen atoms in total. The Kier molecular flexibility index (Phi) is 4.46. The van der Waals surface area contributed by atoms with Crippen LogP contribution < -0.4 is 0 Å². The van der Waals surface area contributed by atoms with Gasteiger partial charge in [0.1, 0.15) is 11.7 Å². The summed E-state index contributed by atoms with van der Waals surface area (Å²) in [7, 11) is 0. The summed E-state index contributed by atoms with van der Waals surface area (Å²) in [6.07, 6.45) is 5.36. The molecular formula is C15H26O3. The van der Waals surface area contributed by atoms with Crippen molar-refractivity contribution in [1.29, 1.82) is 0 Å². The molecule has 1 aliphatic carbocycles. The summed E-state index contributed by atoms with van der Waals surface area (Å²) in [4.78, 5) is 11.5. The van der Waals surface area contributed by atoms with E-state index in [4.69, 9.17) is 9.47 Å². The molecule has 0 aliphatic heterocycles. The molecule has 18 heavy (non-hydrogen) atoms. The highest BCUT2D eigenvalue weighted by Crippen LogP contribution is 2.34. The van der Waals surface area contributed by atoms with Crippen LogP contribution in [0.3, 0.4) is 0 Å². The van der Waals surface area contributed by atoms with Gasteiger partial charge in [-0.1, -0.05) is 26.8 Å². The third-order valence-electron chi connectivity index (χ3n) is 3.07. The van der Waals surface area contributed by atoms with E-state index in [0.717, 1.165) is 12.8 Å². The molecule has 1 rings (SSSR count). The monoisotopic (exact) mass is 254 g/mol. The van der Waals surface area contributed by atoms with Crippen LogP contribution in [0.2, 0.25) is 0 Å². The van der Waals surface area contributed by atoms with Crippen molar-refractivity contribution in [3.63, 3.8) is 0 Å². The molecule has 2 atom stereocenters. The van der Waals surface area contributed by atoms with Crippen molar-refractivity contribution in [1.82, 2.24) is 0 Å². The lowest BCUT2D eigenvalue weighted by Crippen LogP contribution is -2.29. The second kappa shape index (κ2) is 5.33. The molecule has 0 fully saturated rings. The second-order valence-electron chi connectivity index (χ2n) is 7.06. The smallest absolute Gasteiger partial charge is 0.429 e. The highest BCUT2D eigenvalue weighted by Gasteiger charge is 2.28. The number of ether oxygens (including phenoxy) is 2. The first-order valence-corrected chi connectivity index (χ1v) is 6.66. The third-order valence-corrected chi connectivity index (χ3v) is 3.07. The molecule has 0 aromatic rings. The molecule has 0 aromatic carbocycles. The van der Waals surface area contributed by atoms with E-state index in [9.17, 15) is 4.79 Å². The first-order valence-electron chi connectivity index (χ1n) is 6.66. The lowest BCUT2D eigenvalue weighted by Gasteiger charge is -2.32. The van der Waals surface area contributed by atoms with Gasteiger partial charge in [-0.25, -0.2) is 4.79 Å². The van der Waals surface area contributed by atoms with Crippen LogP contribution in [-0.2, 0) is 9.47 Å². The Hall–Kier alpha value is -0.990. The maximum absolute atomic E-state index is 11.5. The summed E-state index contributed by atoms with van der Waals surface area (Å²) in [6.45, 7) is 12.2. The van der Waals surface area contributed by atoms with Crippen LogP contribution in [0.4, 0.5) is 4.79 Å². The fourth-order valence-electron chi connectivity index (χ4n) is 2.01. The standard InChI is InChI=1S/C15H26O3/c1-14(2,3)11-7-9-12(10-8-11)17-13(16)18-15(4,5)6/h7,9,11-12H,8,10H2,1-6H3. The summed E-state index contributed by atoms with van der Waals surface area (Å²) in [5.74, 6) is 0.552. The largest absolute Gasteiger partial charge is 0.509 e. The third kappa shape index (κ3) is 5.11. The normalized spacial score (nSPS) is 24.8. The summed E-state index contributed by atoms with van der Waals surface area (Å²) in [6, 6.07) is 0. The molecule has 3 heteroatoms. The Morgan fingerprint density at radius 2 is 1.67 bits per heavy atom. The number of allylic oxidation sites excluding steroid dienone is 1. The van der Waals surface area contributed by atoms with Crippen molar-refractivity contribution >= 4 is 6.16 Å². The van der Waals surface area contributed by atoms with Crippen molar-refractivity contribution in [2.45, 2.75) is 66.1 Å². The van der Waals surface area contributed by atoms with Gasteiger partial charge in [0.05, 0.1) is 0 Å². The second-order valence-corrected chi connectivity index (χ2v) is 7.06. The van der Waals surface area contributed by atoms with Crippen molar-refractivity contribution in [3.05, 3.63) is 12.2 Å². The van der Waals surface area contributed by atoms with Gasteiger partial charge in [0.2, 0.25) is 0 Å². The van der Waals surface area contributed by atoms with Crippen LogP contribution in [0.25, 0.3) is 0 Å². The van der Waals surface area contributed by atoms with Crippen molar-refractivity contribution < 1.29 is 14.3 Å². The highest BCUT2D eigenvalue weighted by molar-refractivity contribution is 5.61. The zero-order valence-electron chi connectivity index (χ0n) is 12.4. The Labute approximate surface area is 111 Å². The van der Waals surface area contributed by atoms with Crippen molar-refractivity contribution in [2.75, 3.05) is 0 Å². The molecule has 104 valence electrons. The molecule has 0 amide bonds. The van der Waals surface area contributed by atoms with Gasteiger partial charge >= 0.3 is 6.16 Å². The molecule has 0 aromatic heterocycles. The van der Waals surface area contributed by atoms with E-state index < -0.39 is 11.8 Å². The van der Waals surface area contributed by atoms with Crippen LogP contribution in [0, 0.1) is 11.3 Å². The molecule has 0 N–H and O–H groups in total. The zero-order chi connectivity index (χ0) is 14.0. The Morgan fingerprint density at radius 3 is 2.06 bits per heavy atom. The zero-order valence-corrected chi connectivity index (χ0v) is 12.4. The van der Waals surface area contributed by atoms with E-state index in [1.165, 1.54) is 0 Å². The number of carbonyl (C=O) groups excluding carboxylic acids is 1. The van der Waals surface area contributed by atoms with E-state index >= 15 is 0 Å². The molecular weight excluding hydrogens is 228 g/mol. The number of hydrogen-bond acceptors (Lipinski definition) is 3. The van der Waals surface area contributed by atoms with E-state index in [0.29, 0.717) is 5.92 Å². The topological polar surface area (TPSA) is 35.5 Å². The predicted octanol–water partition coefficient (Wildman–Crippen LogP) is 4.32. The molecule has 0 radical (unpaired) electrons. The average Bonchev–Trinajstić information content (AvgIpc) is 2.13. The predicted molar refractivity (Wildman–Crippen MR) is 72.4 cm³/mol. The van der Waals surface area contributed by atoms with Gasteiger partial charge in [0, 0.05) is 0 Å². The van der Waals surface area contributed by atoms with Crippen LogP contribution in [0.1, 0.15) is 54.4 Å². The number of hydrogen-bond donors (Lipinski definition) is 0. The molecule has 0 spiro atoms. The summed E-state index contributed by atoms with van der Waals surface area (Å²) >= 11 is 0. The van der Waals surface area contributed by atoms with Crippen LogP contribution in [0.5, 0.6) is 0 Å². The summed E-state index contributed by atoms with van der Waals surface area (Å²) in [5, 5.41) is 0. The lowest BCUT2D eigenvalue weighted by atomic mass is 9.75. The van der Waals surface area contributed by atoms with Crippen molar-refractivity contribution in [2.24, 2.45) is 11.3 Å². The van der Waals surface area contributed by atoms with Gasteiger partial charge in [0.25, 0.3) is 0 Å². The molecule has 0 bridgehead atoms. The minimum Gasteiger partial charge on any atom is -0.429 e. The Balaban J connectivity index is 2.46. The fourth-order valence-corrected chi connectivity index (χ4v) is 2.01. The minimum absolute atomic E-state index is 0.140. The summed E-state index contributed by atoms with van der Waals surface area (Å²) < 4.78 is 10.4. The van der Waals surface area contributed by atoms with Gasteiger partial charge in [-0.2, -0.15) is 0 Å². The first-order chi connectivity index (χ1) is 8.08.